The molecule has 3 aromatic heterocycles. The van der Waals surface area contributed by atoms with Crippen molar-refractivity contribution in [2.45, 2.75) is 45.2 Å². The van der Waals surface area contributed by atoms with Gasteiger partial charge in [0.15, 0.2) is 0 Å². The molecule has 4 nitrogen and oxygen atoms in total. The summed E-state index contributed by atoms with van der Waals surface area (Å²) in [7, 11) is 0. The maximum atomic E-state index is 5.37. The van der Waals surface area contributed by atoms with Gasteiger partial charge in [0.1, 0.15) is 0 Å². The lowest BCUT2D eigenvalue weighted by Gasteiger charge is -2.31. The van der Waals surface area contributed by atoms with Gasteiger partial charge in [-0.25, -0.2) is 9.97 Å². The van der Waals surface area contributed by atoms with Crippen molar-refractivity contribution in [3.63, 3.8) is 0 Å². The van der Waals surface area contributed by atoms with Crippen LogP contribution in [0.4, 0.5) is 5.69 Å². The Morgan fingerprint density at radius 2 is 1.28 bits per heavy atom. The number of fused-ring (bicyclic) bond motifs is 12. The number of anilines is 1. The standard InChI is InChI=1S/C65H48N4/c1-41-61-54(52-19-9-8-16-49(52)40-68(41)50-17-6-3-7-18-50)35-36-55-53-20-11-13-23-60(53)69(65(55)61)51-32-28-42(29-33-51)45-24-25-47-39-48(27-26-46(47)38-45)58-37-31-44-30-34-57-62(43-14-4-2-5-15-43)56-21-10-12-22-59(56)67-64(57)63(44)66-58/h2-4,6-14,16-28,30-32,34-39,41H,5,15,29,33,40H2,1H3. The predicted octanol–water partition coefficient (Wildman–Crippen LogP) is 17.1. The zero-order valence-corrected chi connectivity index (χ0v) is 38.5. The lowest BCUT2D eigenvalue weighted by molar-refractivity contribution is 0.680. The van der Waals surface area contributed by atoms with Gasteiger partial charge in [0.25, 0.3) is 0 Å². The second-order valence-corrected chi connectivity index (χ2v) is 19.1. The van der Waals surface area contributed by atoms with Gasteiger partial charge >= 0.3 is 0 Å². The van der Waals surface area contributed by atoms with E-state index >= 15 is 0 Å². The lowest BCUT2D eigenvalue weighted by atomic mass is 9.90. The minimum atomic E-state index is 0.139. The van der Waals surface area contributed by atoms with Gasteiger partial charge in [-0.2, -0.15) is 0 Å². The van der Waals surface area contributed by atoms with Crippen molar-refractivity contribution in [2.24, 2.45) is 0 Å². The normalized spacial score (nSPS) is 15.9. The number of para-hydroxylation sites is 3. The lowest BCUT2D eigenvalue weighted by Crippen LogP contribution is -2.25. The first-order valence-electron chi connectivity index (χ1n) is 24.5. The molecular formula is C65H48N4. The van der Waals surface area contributed by atoms with Crippen LogP contribution in [0, 0.1) is 0 Å². The summed E-state index contributed by atoms with van der Waals surface area (Å²) in [4.78, 5) is 13.2. The third kappa shape index (κ3) is 6.43. The summed E-state index contributed by atoms with van der Waals surface area (Å²) in [6, 6.07) is 65.0. The fourth-order valence-corrected chi connectivity index (χ4v) is 11.9. The highest BCUT2D eigenvalue weighted by Gasteiger charge is 2.31. The summed E-state index contributed by atoms with van der Waals surface area (Å²) in [5, 5.41) is 8.51. The molecule has 0 N–H and O–H groups in total. The van der Waals surface area contributed by atoms with E-state index in [1.165, 1.54) is 93.9 Å². The molecule has 0 fully saturated rings. The van der Waals surface area contributed by atoms with E-state index in [0.29, 0.717) is 0 Å². The smallest absolute Gasteiger partial charge is 0.0978 e. The van der Waals surface area contributed by atoms with Crippen LogP contribution in [0.5, 0.6) is 0 Å². The number of nitrogens with zero attached hydrogens (tertiary/aromatic N) is 4. The molecule has 1 aliphatic heterocycles. The van der Waals surface area contributed by atoms with Gasteiger partial charge in [-0.15, -0.1) is 0 Å². The largest absolute Gasteiger partial charge is 0.360 e. The van der Waals surface area contributed by atoms with Crippen LogP contribution in [0.25, 0.3) is 105 Å². The molecule has 8 aromatic carbocycles. The van der Waals surface area contributed by atoms with Crippen LogP contribution in [0.15, 0.2) is 206 Å². The molecule has 3 aliphatic rings. The van der Waals surface area contributed by atoms with Gasteiger partial charge in [-0.3, -0.25) is 0 Å². The SMILES string of the molecule is CC1c2c(ccc3c4ccccc4n(C4=CC=C(c5ccc6cc(-c7ccc8ccc9c(C%10=CC=CCC%10)c%10ccccc%10nc9c8n7)ccc6c5)CC4)c23)-c2ccccc2CN1c1ccccc1. The summed E-state index contributed by atoms with van der Waals surface area (Å²) < 4.78 is 2.60. The first-order valence-corrected chi connectivity index (χ1v) is 24.5. The number of aromatic nitrogens is 3. The highest BCUT2D eigenvalue weighted by atomic mass is 15.2. The summed E-state index contributed by atoms with van der Waals surface area (Å²) in [6.07, 6.45) is 15.5. The van der Waals surface area contributed by atoms with Crippen LogP contribution in [-0.2, 0) is 6.54 Å². The quantitative estimate of drug-likeness (QED) is 0.128. The number of allylic oxidation sites excluding steroid dienone is 8. The molecule has 69 heavy (non-hydrogen) atoms. The Labute approximate surface area is 401 Å². The molecule has 0 saturated carbocycles. The van der Waals surface area contributed by atoms with Gasteiger partial charge in [-0.1, -0.05) is 158 Å². The molecule has 2 aliphatic carbocycles. The van der Waals surface area contributed by atoms with E-state index in [9.17, 15) is 0 Å². The molecule has 4 heteroatoms. The maximum Gasteiger partial charge on any atom is 0.0978 e. The van der Waals surface area contributed by atoms with Gasteiger partial charge in [0, 0.05) is 56.0 Å². The van der Waals surface area contributed by atoms with Crippen LogP contribution >= 0.6 is 0 Å². The molecule has 0 amide bonds. The number of hydrogen-bond acceptors (Lipinski definition) is 3. The first-order chi connectivity index (χ1) is 34.1. The van der Waals surface area contributed by atoms with Crippen LogP contribution in [0.1, 0.15) is 60.9 Å². The molecule has 0 saturated heterocycles. The van der Waals surface area contributed by atoms with E-state index in [1.807, 2.05) is 0 Å². The Balaban J connectivity index is 0.837. The average molecular weight is 885 g/mol. The van der Waals surface area contributed by atoms with E-state index in [1.54, 1.807) is 0 Å². The first kappa shape index (κ1) is 39.8. The molecule has 0 radical (unpaired) electrons. The van der Waals surface area contributed by atoms with E-state index in [2.05, 4.69) is 223 Å². The maximum absolute atomic E-state index is 5.37. The van der Waals surface area contributed by atoms with E-state index in [4.69, 9.17) is 9.97 Å². The third-order valence-corrected chi connectivity index (χ3v) is 15.3. The topological polar surface area (TPSA) is 34.0 Å². The molecule has 0 spiro atoms. The Bertz CT molecular complexity index is 4070. The van der Waals surface area contributed by atoms with Crippen molar-refractivity contribution in [3.05, 3.63) is 229 Å². The van der Waals surface area contributed by atoms with Crippen molar-refractivity contribution in [2.75, 3.05) is 4.90 Å². The Hall–Kier alpha value is -8.34. The second-order valence-electron chi connectivity index (χ2n) is 19.1. The average Bonchev–Trinajstić information content (AvgIpc) is 3.69. The zero-order chi connectivity index (χ0) is 45.6. The number of hydrogen-bond donors (Lipinski definition) is 0. The van der Waals surface area contributed by atoms with E-state index in [0.717, 1.165) is 70.8 Å². The second kappa shape index (κ2) is 15.9. The molecule has 0 bridgehead atoms. The molecule has 4 heterocycles. The van der Waals surface area contributed by atoms with Crippen molar-refractivity contribution >= 4 is 87.8 Å². The Morgan fingerprint density at radius 1 is 0.522 bits per heavy atom. The number of rotatable bonds is 5. The monoisotopic (exact) mass is 884 g/mol. The van der Waals surface area contributed by atoms with Crippen molar-refractivity contribution in [1.82, 2.24) is 14.5 Å². The fraction of sp³-hybridized carbons (Fsp3) is 0.108. The molecule has 1 unspecified atom stereocenters. The predicted molar refractivity (Wildman–Crippen MR) is 291 cm³/mol. The van der Waals surface area contributed by atoms with Crippen molar-refractivity contribution in [3.8, 4) is 22.4 Å². The summed E-state index contributed by atoms with van der Waals surface area (Å²) in [5.74, 6) is 0. The van der Waals surface area contributed by atoms with Crippen LogP contribution in [0.3, 0.4) is 0 Å². The van der Waals surface area contributed by atoms with Gasteiger partial charge < -0.3 is 9.47 Å². The minimum Gasteiger partial charge on any atom is -0.360 e. The highest BCUT2D eigenvalue weighted by molar-refractivity contribution is 6.15. The van der Waals surface area contributed by atoms with E-state index < -0.39 is 0 Å². The summed E-state index contributed by atoms with van der Waals surface area (Å²) >= 11 is 0. The summed E-state index contributed by atoms with van der Waals surface area (Å²) in [5.41, 5.74) is 20.8. The molecule has 328 valence electrons. The molecular weight excluding hydrogens is 837 g/mol. The third-order valence-electron chi connectivity index (χ3n) is 15.3. The van der Waals surface area contributed by atoms with Gasteiger partial charge in [0.05, 0.1) is 39.3 Å². The molecule has 11 aromatic rings. The van der Waals surface area contributed by atoms with Crippen molar-refractivity contribution in [1.29, 1.82) is 0 Å². The number of pyridine rings is 2. The van der Waals surface area contributed by atoms with E-state index in [-0.39, 0.29) is 6.04 Å². The van der Waals surface area contributed by atoms with Crippen LogP contribution in [0.2, 0.25) is 0 Å². The highest BCUT2D eigenvalue weighted by Crippen LogP contribution is 2.48. The Morgan fingerprint density at radius 3 is 2.13 bits per heavy atom. The Kier molecular flexibility index (Phi) is 9.16. The minimum absolute atomic E-state index is 0.139. The van der Waals surface area contributed by atoms with Crippen LogP contribution in [-0.4, -0.2) is 14.5 Å². The molecule has 14 rings (SSSR count). The summed E-state index contributed by atoms with van der Waals surface area (Å²) in [6.45, 7) is 3.25. The van der Waals surface area contributed by atoms with Crippen molar-refractivity contribution < 1.29 is 0 Å². The fourth-order valence-electron chi connectivity index (χ4n) is 11.9. The van der Waals surface area contributed by atoms with Crippen LogP contribution < -0.4 is 4.90 Å². The molecule has 1 atom stereocenters. The number of benzene rings is 8. The van der Waals surface area contributed by atoms with Gasteiger partial charge in [0.2, 0.25) is 0 Å². The van der Waals surface area contributed by atoms with Gasteiger partial charge in [-0.05, 0) is 131 Å². The zero-order valence-electron chi connectivity index (χ0n) is 38.5.